The second-order valence-corrected chi connectivity index (χ2v) is 10.6. The molecule has 1 amide bonds. The molecule has 0 heterocycles. The molecule has 4 N–H and O–H groups in total. The van der Waals surface area contributed by atoms with Crippen molar-refractivity contribution < 1.29 is 9.90 Å². The van der Waals surface area contributed by atoms with Crippen LogP contribution in [-0.4, -0.2) is 29.2 Å². The van der Waals surface area contributed by atoms with E-state index in [1.807, 2.05) is 0 Å². The third kappa shape index (κ3) is 8.96. The van der Waals surface area contributed by atoms with Crippen LogP contribution in [0.4, 0.5) is 0 Å². The van der Waals surface area contributed by atoms with E-state index in [0.29, 0.717) is 6.42 Å². The van der Waals surface area contributed by atoms with E-state index in [4.69, 9.17) is 5.73 Å². The molecule has 0 aromatic heterocycles. The lowest BCUT2D eigenvalue weighted by Gasteiger charge is -2.38. The van der Waals surface area contributed by atoms with E-state index >= 15 is 0 Å². The fourth-order valence-corrected chi connectivity index (χ4v) is 5.14. The van der Waals surface area contributed by atoms with E-state index in [0.717, 1.165) is 51.0 Å². The van der Waals surface area contributed by atoms with Crippen LogP contribution in [0, 0.1) is 23.7 Å². The molecule has 2 fully saturated rings. The lowest BCUT2D eigenvalue weighted by Crippen LogP contribution is -2.46. The number of unbranched alkanes of at least 4 members (excludes halogenated alkanes) is 1. The maximum absolute atomic E-state index is 12.7. The summed E-state index contributed by atoms with van der Waals surface area (Å²) in [6.07, 6.45) is 15.4. The van der Waals surface area contributed by atoms with Gasteiger partial charge in [0.1, 0.15) is 0 Å². The number of nitrogens with two attached hydrogens (primary N) is 1. The van der Waals surface area contributed by atoms with Crippen LogP contribution in [0.1, 0.15) is 111 Å². The van der Waals surface area contributed by atoms with Crippen molar-refractivity contribution in [2.75, 3.05) is 6.54 Å². The van der Waals surface area contributed by atoms with Crippen molar-refractivity contribution in [1.29, 1.82) is 0 Å². The Labute approximate surface area is 179 Å². The van der Waals surface area contributed by atoms with Gasteiger partial charge in [-0.2, -0.15) is 0 Å². The number of aliphatic hydroxyl groups is 1. The Bertz CT molecular complexity index is 469. The van der Waals surface area contributed by atoms with Gasteiger partial charge in [-0.3, -0.25) is 4.79 Å². The maximum atomic E-state index is 12.7. The molecule has 4 nitrogen and oxygen atoms in total. The Kier molecular flexibility index (Phi) is 10.5. The third-order valence-electron chi connectivity index (χ3n) is 7.41. The summed E-state index contributed by atoms with van der Waals surface area (Å²) in [6.45, 7) is 7.08. The molecule has 2 aliphatic carbocycles. The highest BCUT2D eigenvalue weighted by Crippen LogP contribution is 2.38. The molecule has 0 saturated heterocycles. The molecule has 0 bridgehead atoms. The number of amides is 1. The van der Waals surface area contributed by atoms with Crippen LogP contribution in [0.3, 0.4) is 0 Å². The zero-order valence-corrected chi connectivity index (χ0v) is 19.4. The molecule has 0 aromatic rings. The third-order valence-corrected chi connectivity index (χ3v) is 7.41. The molecule has 0 aromatic carbocycles. The van der Waals surface area contributed by atoms with Gasteiger partial charge >= 0.3 is 0 Å². The van der Waals surface area contributed by atoms with Gasteiger partial charge in [0.2, 0.25) is 5.91 Å². The number of nitrogens with one attached hydrogen (secondary N) is 1. The molecule has 0 aliphatic heterocycles. The first-order chi connectivity index (χ1) is 13.8. The molecular weight excluding hydrogens is 360 g/mol. The smallest absolute Gasteiger partial charge is 0.223 e. The van der Waals surface area contributed by atoms with E-state index in [9.17, 15) is 9.90 Å². The van der Waals surface area contributed by atoms with Crippen LogP contribution < -0.4 is 11.1 Å². The highest BCUT2D eigenvalue weighted by Gasteiger charge is 2.35. The van der Waals surface area contributed by atoms with Gasteiger partial charge in [0.15, 0.2) is 0 Å². The van der Waals surface area contributed by atoms with Gasteiger partial charge in [-0.05, 0) is 56.3 Å². The Morgan fingerprint density at radius 3 is 2.45 bits per heavy atom. The van der Waals surface area contributed by atoms with E-state index < -0.39 is 6.10 Å². The van der Waals surface area contributed by atoms with Gasteiger partial charge in [0.05, 0.1) is 6.10 Å². The first-order valence-corrected chi connectivity index (χ1v) is 12.6. The summed E-state index contributed by atoms with van der Waals surface area (Å²) < 4.78 is 0. The number of carbonyl (C=O) groups excluding carboxylic acids is 1. The number of rotatable bonds is 14. The molecule has 170 valence electrons. The molecule has 29 heavy (non-hydrogen) atoms. The summed E-state index contributed by atoms with van der Waals surface area (Å²) in [4.78, 5) is 12.7. The summed E-state index contributed by atoms with van der Waals surface area (Å²) >= 11 is 0. The van der Waals surface area contributed by atoms with Crippen LogP contribution in [0.25, 0.3) is 0 Å². The van der Waals surface area contributed by atoms with Gasteiger partial charge in [-0.1, -0.05) is 72.1 Å². The van der Waals surface area contributed by atoms with E-state index in [1.165, 1.54) is 44.9 Å². The molecule has 4 heteroatoms. The van der Waals surface area contributed by atoms with Crippen LogP contribution in [0.15, 0.2) is 0 Å². The second kappa shape index (κ2) is 12.3. The molecule has 2 saturated carbocycles. The first kappa shape index (κ1) is 24.7. The Morgan fingerprint density at radius 1 is 1.17 bits per heavy atom. The van der Waals surface area contributed by atoms with E-state index in [-0.39, 0.29) is 29.2 Å². The van der Waals surface area contributed by atoms with Crippen LogP contribution in [0.5, 0.6) is 0 Å². The zero-order valence-electron chi connectivity index (χ0n) is 19.4. The summed E-state index contributed by atoms with van der Waals surface area (Å²) in [6, 6.07) is 0. The van der Waals surface area contributed by atoms with Crippen molar-refractivity contribution in [2.24, 2.45) is 29.4 Å². The van der Waals surface area contributed by atoms with Crippen molar-refractivity contribution in [3.05, 3.63) is 0 Å². The molecular formula is C25H48N2O2. The molecule has 2 rings (SSSR count). The SMILES string of the molecule is CCCCNC(=O)C(CC(O)C(CCCC1CC1)CC1(N)CCCCC1)C(C)C. The van der Waals surface area contributed by atoms with Gasteiger partial charge in [0.25, 0.3) is 0 Å². The predicted molar refractivity (Wildman–Crippen MR) is 122 cm³/mol. The maximum Gasteiger partial charge on any atom is 0.223 e. The van der Waals surface area contributed by atoms with E-state index in [2.05, 4.69) is 26.1 Å². The average molecular weight is 409 g/mol. The minimum absolute atomic E-state index is 0.111. The summed E-state index contributed by atoms with van der Waals surface area (Å²) in [5.74, 6) is 1.39. The summed E-state index contributed by atoms with van der Waals surface area (Å²) in [5, 5.41) is 14.3. The van der Waals surface area contributed by atoms with Gasteiger partial charge in [-0.25, -0.2) is 0 Å². The normalized spacial score (nSPS) is 22.3. The molecule has 3 atom stereocenters. The number of carbonyl (C=O) groups is 1. The van der Waals surface area contributed by atoms with Crippen molar-refractivity contribution in [3.8, 4) is 0 Å². The quantitative estimate of drug-likeness (QED) is 0.347. The number of hydrogen-bond donors (Lipinski definition) is 3. The first-order valence-electron chi connectivity index (χ1n) is 12.6. The summed E-state index contributed by atoms with van der Waals surface area (Å²) in [7, 11) is 0. The minimum atomic E-state index is -0.430. The fraction of sp³-hybridized carbons (Fsp3) is 0.960. The highest BCUT2D eigenvalue weighted by molar-refractivity contribution is 5.78. The molecule has 3 unspecified atom stereocenters. The van der Waals surface area contributed by atoms with Gasteiger partial charge in [-0.15, -0.1) is 0 Å². The molecule has 0 radical (unpaired) electrons. The summed E-state index contributed by atoms with van der Waals surface area (Å²) in [5.41, 5.74) is 6.67. The average Bonchev–Trinajstić information content (AvgIpc) is 3.49. The fourth-order valence-electron chi connectivity index (χ4n) is 5.14. The van der Waals surface area contributed by atoms with Gasteiger partial charge < -0.3 is 16.2 Å². The minimum Gasteiger partial charge on any atom is -0.393 e. The number of aliphatic hydroxyl groups excluding tert-OH is 1. The second-order valence-electron chi connectivity index (χ2n) is 10.6. The molecule has 0 spiro atoms. The van der Waals surface area contributed by atoms with Crippen LogP contribution in [0.2, 0.25) is 0 Å². The monoisotopic (exact) mass is 408 g/mol. The lowest BCUT2D eigenvalue weighted by atomic mass is 9.72. The topological polar surface area (TPSA) is 75.3 Å². The van der Waals surface area contributed by atoms with Crippen molar-refractivity contribution >= 4 is 5.91 Å². The van der Waals surface area contributed by atoms with Crippen LogP contribution >= 0.6 is 0 Å². The Balaban J connectivity index is 1.96. The highest BCUT2D eigenvalue weighted by atomic mass is 16.3. The largest absolute Gasteiger partial charge is 0.393 e. The Hall–Kier alpha value is -0.610. The zero-order chi connectivity index (χ0) is 21.3. The lowest BCUT2D eigenvalue weighted by molar-refractivity contribution is -0.128. The van der Waals surface area contributed by atoms with Crippen molar-refractivity contribution in [3.63, 3.8) is 0 Å². The number of hydrogen-bond acceptors (Lipinski definition) is 3. The standard InChI is InChI=1S/C25H48N2O2/c1-4-5-16-27-24(29)22(19(2)3)17-23(28)21(11-9-10-20-12-13-20)18-25(26)14-7-6-8-15-25/h19-23,28H,4-18,26H2,1-3H3,(H,27,29). The van der Waals surface area contributed by atoms with Gasteiger partial charge in [0, 0.05) is 18.0 Å². The van der Waals surface area contributed by atoms with E-state index in [1.54, 1.807) is 0 Å². The Morgan fingerprint density at radius 2 is 1.86 bits per heavy atom. The van der Waals surface area contributed by atoms with Crippen LogP contribution in [-0.2, 0) is 4.79 Å². The van der Waals surface area contributed by atoms with Crippen molar-refractivity contribution in [1.82, 2.24) is 5.32 Å². The molecule has 2 aliphatic rings. The van der Waals surface area contributed by atoms with Crippen molar-refractivity contribution in [2.45, 2.75) is 122 Å². The predicted octanol–water partition coefficient (Wildman–Crippen LogP) is 5.17.